The van der Waals surface area contributed by atoms with Crippen LogP contribution in [0.2, 0.25) is 0 Å². The fourth-order valence-corrected chi connectivity index (χ4v) is 6.26. The zero-order valence-corrected chi connectivity index (χ0v) is 27.7. The van der Waals surface area contributed by atoms with Gasteiger partial charge in [-0.3, -0.25) is 0 Å². The van der Waals surface area contributed by atoms with Crippen molar-refractivity contribution in [2.45, 2.75) is 6.92 Å². The summed E-state index contributed by atoms with van der Waals surface area (Å²) in [5.41, 5.74) is 15.5. The van der Waals surface area contributed by atoms with E-state index in [1.54, 1.807) is 0 Å². The molecule has 0 bridgehead atoms. The molecule has 49 heavy (non-hydrogen) atoms. The van der Waals surface area contributed by atoms with Gasteiger partial charge in [0.15, 0.2) is 0 Å². The van der Waals surface area contributed by atoms with Crippen molar-refractivity contribution in [3.63, 3.8) is 0 Å². The van der Waals surface area contributed by atoms with E-state index in [-0.39, 0.29) is 0 Å². The molecule has 0 unspecified atom stereocenters. The SMILES string of the molecule is C\C=C/C(=C\C=C\c1ccccc1)c1cc(-c2ccc(-c3ccccc3)cc2)cc(-c2cccc(-c3cccc(-c4ccccc4)c3)c2)c1. The highest BCUT2D eigenvalue weighted by atomic mass is 14.1. The highest BCUT2D eigenvalue weighted by Crippen LogP contribution is 2.35. The molecule has 0 atom stereocenters. The van der Waals surface area contributed by atoms with Crippen LogP contribution in [0.4, 0.5) is 0 Å². The van der Waals surface area contributed by atoms with E-state index in [1.165, 1.54) is 66.8 Å². The van der Waals surface area contributed by atoms with Crippen LogP contribution in [-0.2, 0) is 0 Å². The Balaban J connectivity index is 1.31. The van der Waals surface area contributed by atoms with Crippen molar-refractivity contribution in [2.75, 3.05) is 0 Å². The first-order valence-corrected chi connectivity index (χ1v) is 16.9. The molecule has 0 fully saturated rings. The van der Waals surface area contributed by atoms with Crippen molar-refractivity contribution in [1.82, 2.24) is 0 Å². The lowest BCUT2D eigenvalue weighted by Crippen LogP contribution is -1.89. The summed E-state index contributed by atoms with van der Waals surface area (Å²) in [5.74, 6) is 0. The summed E-state index contributed by atoms with van der Waals surface area (Å²) in [5, 5.41) is 0. The van der Waals surface area contributed by atoms with Gasteiger partial charge in [0.25, 0.3) is 0 Å². The molecule has 7 aromatic carbocycles. The summed E-state index contributed by atoms with van der Waals surface area (Å²) >= 11 is 0. The van der Waals surface area contributed by atoms with Crippen LogP contribution in [0.3, 0.4) is 0 Å². The van der Waals surface area contributed by atoms with Gasteiger partial charge < -0.3 is 0 Å². The van der Waals surface area contributed by atoms with Crippen LogP contribution in [-0.4, -0.2) is 0 Å². The monoisotopic (exact) mass is 626 g/mol. The predicted octanol–water partition coefficient (Wildman–Crippen LogP) is 13.7. The molecule has 0 aliphatic rings. The molecule has 0 aromatic heterocycles. The van der Waals surface area contributed by atoms with E-state index >= 15 is 0 Å². The molecule has 7 rings (SSSR count). The Kier molecular flexibility index (Phi) is 9.67. The zero-order chi connectivity index (χ0) is 33.3. The molecule has 0 saturated heterocycles. The van der Waals surface area contributed by atoms with Crippen LogP contribution >= 0.6 is 0 Å². The van der Waals surface area contributed by atoms with Gasteiger partial charge in [-0.15, -0.1) is 0 Å². The minimum Gasteiger partial charge on any atom is -0.0870 e. The Bertz CT molecular complexity index is 2230. The van der Waals surface area contributed by atoms with Crippen molar-refractivity contribution in [1.29, 1.82) is 0 Å². The molecule has 0 heterocycles. The van der Waals surface area contributed by atoms with Crippen molar-refractivity contribution in [3.05, 3.63) is 217 Å². The number of benzene rings is 7. The van der Waals surface area contributed by atoms with Crippen LogP contribution in [0.15, 0.2) is 206 Å². The Morgan fingerprint density at radius 3 is 1.31 bits per heavy atom. The number of rotatable bonds is 9. The Morgan fingerprint density at radius 1 is 0.367 bits per heavy atom. The maximum Gasteiger partial charge on any atom is -0.0171 e. The largest absolute Gasteiger partial charge is 0.0870 e. The van der Waals surface area contributed by atoms with Gasteiger partial charge in [0.2, 0.25) is 0 Å². The third-order valence-corrected chi connectivity index (χ3v) is 8.80. The predicted molar refractivity (Wildman–Crippen MR) is 212 cm³/mol. The van der Waals surface area contributed by atoms with Crippen molar-refractivity contribution >= 4 is 11.6 Å². The summed E-state index contributed by atoms with van der Waals surface area (Å²) in [7, 11) is 0. The summed E-state index contributed by atoms with van der Waals surface area (Å²) < 4.78 is 0. The molecular formula is C49H38. The molecule has 0 aliphatic heterocycles. The molecule has 0 N–H and O–H groups in total. The molecule has 0 aliphatic carbocycles. The van der Waals surface area contributed by atoms with E-state index in [0.29, 0.717) is 0 Å². The smallest absolute Gasteiger partial charge is 0.0171 e. The molecule has 0 amide bonds. The second kappa shape index (κ2) is 15.1. The molecular weight excluding hydrogens is 589 g/mol. The van der Waals surface area contributed by atoms with E-state index in [2.05, 4.69) is 213 Å². The summed E-state index contributed by atoms with van der Waals surface area (Å²) in [6.07, 6.45) is 10.8. The van der Waals surface area contributed by atoms with Gasteiger partial charge in [-0.05, 0) is 110 Å². The minimum atomic E-state index is 1.16. The summed E-state index contributed by atoms with van der Waals surface area (Å²) in [6.45, 7) is 2.08. The average molecular weight is 627 g/mol. The van der Waals surface area contributed by atoms with E-state index in [0.717, 1.165) is 5.57 Å². The van der Waals surface area contributed by atoms with Crippen molar-refractivity contribution in [3.8, 4) is 55.6 Å². The second-order valence-electron chi connectivity index (χ2n) is 12.2. The van der Waals surface area contributed by atoms with Crippen LogP contribution in [0, 0.1) is 0 Å². The van der Waals surface area contributed by atoms with E-state index in [1.807, 2.05) is 6.07 Å². The van der Waals surface area contributed by atoms with Gasteiger partial charge in [-0.25, -0.2) is 0 Å². The maximum absolute atomic E-state index is 2.33. The Labute approximate surface area is 290 Å². The van der Waals surface area contributed by atoms with Gasteiger partial charge >= 0.3 is 0 Å². The van der Waals surface area contributed by atoms with E-state index in [9.17, 15) is 0 Å². The zero-order valence-electron chi connectivity index (χ0n) is 27.7. The standard InChI is InChI=1S/C49H38/c1-2-15-38(23-12-18-37-16-6-3-7-17-37)47-34-48(42-30-28-41(29-31-42)39-19-8-4-9-20-39)36-49(35-47)46-27-14-26-45(33-46)44-25-13-24-43(32-44)40-21-10-5-11-22-40/h2-36H,1H3/b15-2-,18-12+,38-23+. The normalized spacial score (nSPS) is 11.7. The van der Waals surface area contributed by atoms with E-state index < -0.39 is 0 Å². The summed E-state index contributed by atoms with van der Waals surface area (Å²) in [6, 6.07) is 65.2. The Hall–Kier alpha value is -6.24. The van der Waals surface area contributed by atoms with Gasteiger partial charge in [-0.1, -0.05) is 182 Å². The van der Waals surface area contributed by atoms with Gasteiger partial charge in [-0.2, -0.15) is 0 Å². The lowest BCUT2D eigenvalue weighted by atomic mass is 9.91. The quantitative estimate of drug-likeness (QED) is 0.140. The van der Waals surface area contributed by atoms with Crippen molar-refractivity contribution < 1.29 is 0 Å². The topological polar surface area (TPSA) is 0 Å². The fraction of sp³-hybridized carbons (Fsp3) is 0.0204. The number of hydrogen-bond acceptors (Lipinski definition) is 0. The van der Waals surface area contributed by atoms with Gasteiger partial charge in [0.1, 0.15) is 0 Å². The molecule has 7 aromatic rings. The summed E-state index contributed by atoms with van der Waals surface area (Å²) in [4.78, 5) is 0. The minimum absolute atomic E-state index is 1.16. The second-order valence-corrected chi connectivity index (χ2v) is 12.2. The highest BCUT2D eigenvalue weighted by Gasteiger charge is 2.10. The van der Waals surface area contributed by atoms with Crippen LogP contribution in [0.25, 0.3) is 67.3 Å². The molecule has 0 saturated carbocycles. The van der Waals surface area contributed by atoms with Gasteiger partial charge in [0.05, 0.1) is 0 Å². The number of allylic oxidation sites excluding steroid dienone is 5. The van der Waals surface area contributed by atoms with Crippen LogP contribution < -0.4 is 0 Å². The average Bonchev–Trinajstić information content (AvgIpc) is 3.19. The van der Waals surface area contributed by atoms with Crippen molar-refractivity contribution in [2.24, 2.45) is 0 Å². The molecule has 0 heteroatoms. The lowest BCUT2D eigenvalue weighted by Gasteiger charge is -2.14. The first-order valence-electron chi connectivity index (χ1n) is 16.9. The fourth-order valence-electron chi connectivity index (χ4n) is 6.26. The first kappa shape index (κ1) is 31.4. The highest BCUT2D eigenvalue weighted by molar-refractivity contribution is 5.86. The van der Waals surface area contributed by atoms with E-state index in [4.69, 9.17) is 0 Å². The lowest BCUT2D eigenvalue weighted by molar-refractivity contribution is 1.54. The molecule has 0 nitrogen and oxygen atoms in total. The molecule has 234 valence electrons. The third kappa shape index (κ3) is 7.67. The Morgan fingerprint density at radius 2 is 0.755 bits per heavy atom. The number of hydrogen-bond donors (Lipinski definition) is 0. The molecule has 0 spiro atoms. The van der Waals surface area contributed by atoms with Gasteiger partial charge in [0, 0.05) is 0 Å². The maximum atomic E-state index is 2.33. The third-order valence-electron chi connectivity index (χ3n) is 8.80. The van der Waals surface area contributed by atoms with Crippen LogP contribution in [0.1, 0.15) is 18.1 Å². The van der Waals surface area contributed by atoms with Crippen LogP contribution in [0.5, 0.6) is 0 Å². The first-order chi connectivity index (χ1) is 24.2. The molecule has 0 radical (unpaired) electrons.